The number of rotatable bonds is 7. The van der Waals surface area contributed by atoms with Gasteiger partial charge in [0.15, 0.2) is 0 Å². The molecule has 6 nitrogen and oxygen atoms in total. The Bertz CT molecular complexity index is 505. The topological polar surface area (TPSA) is 79.5 Å². The maximum Gasteiger partial charge on any atom is 0.321 e. The van der Waals surface area contributed by atoms with Crippen molar-refractivity contribution in [3.63, 3.8) is 0 Å². The number of imide groups is 1. The van der Waals surface area contributed by atoms with Crippen LogP contribution < -0.4 is 20.7 Å². The summed E-state index contributed by atoms with van der Waals surface area (Å²) in [5.74, 6) is 0.437. The third-order valence-electron chi connectivity index (χ3n) is 3.14. The minimum absolute atomic E-state index is 0.0459. The number of hydrogen-bond acceptors (Lipinski definition) is 4. The second kappa shape index (κ2) is 9.04. The van der Waals surface area contributed by atoms with Crippen LogP contribution in [0.5, 0.6) is 5.75 Å². The van der Waals surface area contributed by atoms with Crippen molar-refractivity contribution in [3.8, 4) is 5.75 Å². The van der Waals surface area contributed by atoms with Crippen molar-refractivity contribution >= 4 is 11.9 Å². The second-order valence-electron chi connectivity index (χ2n) is 4.96. The van der Waals surface area contributed by atoms with Gasteiger partial charge in [-0.05, 0) is 45.4 Å². The zero-order chi connectivity index (χ0) is 16.5. The van der Waals surface area contributed by atoms with Crippen molar-refractivity contribution in [2.75, 3.05) is 13.2 Å². The normalized spacial score (nSPS) is 13.1. The first-order valence-electron chi connectivity index (χ1n) is 7.55. The lowest BCUT2D eigenvalue weighted by Crippen LogP contribution is -2.48. The van der Waals surface area contributed by atoms with E-state index in [2.05, 4.69) is 16.0 Å². The monoisotopic (exact) mass is 307 g/mol. The summed E-state index contributed by atoms with van der Waals surface area (Å²) in [5.41, 5.74) is 1.02. The van der Waals surface area contributed by atoms with E-state index in [-0.39, 0.29) is 11.9 Å². The van der Waals surface area contributed by atoms with Gasteiger partial charge in [0.25, 0.3) is 0 Å². The molecule has 3 N–H and O–H groups in total. The maximum atomic E-state index is 11.9. The molecule has 0 spiro atoms. The summed E-state index contributed by atoms with van der Waals surface area (Å²) in [6.45, 7) is 8.48. The largest absolute Gasteiger partial charge is 0.494 e. The van der Waals surface area contributed by atoms with E-state index in [1.165, 1.54) is 0 Å². The van der Waals surface area contributed by atoms with Crippen LogP contribution in [0.25, 0.3) is 0 Å². The molecule has 0 radical (unpaired) electrons. The molecular formula is C16H25N3O3. The Morgan fingerprint density at radius 3 is 2.59 bits per heavy atom. The summed E-state index contributed by atoms with van der Waals surface area (Å²) in [6, 6.07) is 6.70. The highest BCUT2D eigenvalue weighted by Crippen LogP contribution is 2.19. The van der Waals surface area contributed by atoms with E-state index in [1.54, 1.807) is 13.8 Å². The molecule has 0 saturated carbocycles. The van der Waals surface area contributed by atoms with E-state index < -0.39 is 12.1 Å². The van der Waals surface area contributed by atoms with Crippen molar-refractivity contribution in [2.45, 2.75) is 39.8 Å². The minimum atomic E-state index is -0.492. The van der Waals surface area contributed by atoms with Crippen molar-refractivity contribution in [3.05, 3.63) is 29.8 Å². The van der Waals surface area contributed by atoms with Gasteiger partial charge in [-0.25, -0.2) is 4.79 Å². The Morgan fingerprint density at radius 2 is 1.95 bits per heavy atom. The smallest absolute Gasteiger partial charge is 0.321 e. The first-order chi connectivity index (χ1) is 10.5. The van der Waals surface area contributed by atoms with Gasteiger partial charge in [-0.3, -0.25) is 15.4 Å². The van der Waals surface area contributed by atoms with Gasteiger partial charge >= 0.3 is 6.03 Å². The fourth-order valence-corrected chi connectivity index (χ4v) is 2.01. The van der Waals surface area contributed by atoms with Crippen LogP contribution in [0.15, 0.2) is 24.3 Å². The third kappa shape index (κ3) is 5.73. The number of carbonyl (C=O) groups excluding carboxylic acids is 2. The molecule has 6 heteroatoms. The van der Waals surface area contributed by atoms with Crippen molar-refractivity contribution < 1.29 is 14.3 Å². The number of nitrogens with one attached hydrogen (secondary N) is 3. The number of benzene rings is 1. The van der Waals surface area contributed by atoms with Crippen LogP contribution in [0.1, 0.15) is 39.3 Å². The van der Waals surface area contributed by atoms with Crippen LogP contribution in [0.4, 0.5) is 4.79 Å². The number of hydrogen-bond donors (Lipinski definition) is 3. The zero-order valence-electron chi connectivity index (χ0n) is 13.6. The molecule has 1 aromatic rings. The average Bonchev–Trinajstić information content (AvgIpc) is 2.48. The number of carbonyl (C=O) groups is 2. The van der Waals surface area contributed by atoms with Gasteiger partial charge in [0.05, 0.1) is 12.6 Å². The summed E-state index contributed by atoms with van der Waals surface area (Å²) in [5, 5.41) is 7.98. The van der Waals surface area contributed by atoms with Crippen LogP contribution in [-0.2, 0) is 4.79 Å². The van der Waals surface area contributed by atoms with Crippen LogP contribution in [0.3, 0.4) is 0 Å². The molecule has 122 valence electrons. The molecule has 0 aliphatic rings. The van der Waals surface area contributed by atoms with Gasteiger partial charge in [-0.15, -0.1) is 0 Å². The number of urea groups is 1. The number of amides is 3. The minimum Gasteiger partial charge on any atom is -0.494 e. The maximum absolute atomic E-state index is 11.9. The quantitative estimate of drug-likeness (QED) is 0.719. The van der Waals surface area contributed by atoms with Crippen molar-refractivity contribution in [1.82, 2.24) is 16.0 Å². The summed E-state index contributed by atoms with van der Waals surface area (Å²) in [6.07, 6.45) is 0. The van der Waals surface area contributed by atoms with Gasteiger partial charge in [-0.2, -0.15) is 0 Å². The van der Waals surface area contributed by atoms with E-state index in [1.807, 2.05) is 38.1 Å². The molecule has 0 aromatic heterocycles. The molecule has 22 heavy (non-hydrogen) atoms. The summed E-state index contributed by atoms with van der Waals surface area (Å²) in [7, 11) is 0. The van der Waals surface area contributed by atoms with Crippen molar-refractivity contribution in [1.29, 1.82) is 0 Å². The molecule has 1 aromatic carbocycles. The van der Waals surface area contributed by atoms with E-state index >= 15 is 0 Å². The fraction of sp³-hybridized carbons (Fsp3) is 0.500. The standard InChI is InChI=1S/C16H25N3O3/c1-5-17-16(21)19-15(20)12(4)18-11(3)13-8-7-9-14(10-13)22-6-2/h7-12,18H,5-6H2,1-4H3,(H2,17,19,20,21)/t11-,12+/m0/s1. The third-order valence-corrected chi connectivity index (χ3v) is 3.14. The van der Waals surface area contributed by atoms with Gasteiger partial charge in [0, 0.05) is 12.6 Å². The van der Waals surface area contributed by atoms with Gasteiger partial charge in [0.2, 0.25) is 5.91 Å². The SMILES string of the molecule is CCNC(=O)NC(=O)[C@@H](C)N[C@@H](C)c1cccc(OCC)c1. The molecular weight excluding hydrogens is 282 g/mol. The molecule has 0 aliphatic carbocycles. The van der Waals surface area contributed by atoms with Crippen LogP contribution >= 0.6 is 0 Å². The lowest BCUT2D eigenvalue weighted by atomic mass is 10.1. The van der Waals surface area contributed by atoms with Crippen LogP contribution in [0.2, 0.25) is 0 Å². The van der Waals surface area contributed by atoms with Crippen LogP contribution in [0, 0.1) is 0 Å². The fourth-order valence-electron chi connectivity index (χ4n) is 2.01. The van der Waals surface area contributed by atoms with Gasteiger partial charge in [0.1, 0.15) is 5.75 Å². The molecule has 1 rings (SSSR count). The second-order valence-corrected chi connectivity index (χ2v) is 4.96. The highest BCUT2D eigenvalue weighted by Gasteiger charge is 2.18. The lowest BCUT2D eigenvalue weighted by molar-refractivity contribution is -0.121. The van der Waals surface area contributed by atoms with E-state index in [4.69, 9.17) is 4.74 Å². The van der Waals surface area contributed by atoms with E-state index in [9.17, 15) is 9.59 Å². The van der Waals surface area contributed by atoms with Crippen molar-refractivity contribution in [2.24, 2.45) is 0 Å². The predicted molar refractivity (Wildman–Crippen MR) is 85.8 cm³/mol. The molecule has 0 bridgehead atoms. The van der Waals surface area contributed by atoms with E-state index in [0.29, 0.717) is 13.2 Å². The predicted octanol–water partition coefficient (Wildman–Crippen LogP) is 1.97. The Labute approximate surface area is 131 Å². The first kappa shape index (κ1) is 18.0. The van der Waals surface area contributed by atoms with Crippen LogP contribution in [-0.4, -0.2) is 31.1 Å². The summed E-state index contributed by atoms with van der Waals surface area (Å²) in [4.78, 5) is 23.2. The molecule has 3 amide bonds. The Kier molecular flexibility index (Phi) is 7.39. The van der Waals surface area contributed by atoms with Gasteiger partial charge < -0.3 is 10.1 Å². The number of ether oxygens (including phenoxy) is 1. The lowest BCUT2D eigenvalue weighted by Gasteiger charge is -2.20. The Hall–Kier alpha value is -2.08. The average molecular weight is 307 g/mol. The molecule has 0 unspecified atom stereocenters. The first-order valence-corrected chi connectivity index (χ1v) is 7.55. The molecule has 0 aliphatic heterocycles. The summed E-state index contributed by atoms with van der Waals surface area (Å²) < 4.78 is 5.47. The molecule has 0 fully saturated rings. The molecule has 2 atom stereocenters. The highest BCUT2D eigenvalue weighted by atomic mass is 16.5. The Balaban J connectivity index is 2.59. The zero-order valence-corrected chi connectivity index (χ0v) is 13.6. The summed E-state index contributed by atoms with van der Waals surface area (Å²) >= 11 is 0. The van der Waals surface area contributed by atoms with Gasteiger partial charge in [-0.1, -0.05) is 12.1 Å². The Morgan fingerprint density at radius 1 is 1.23 bits per heavy atom. The molecule has 0 heterocycles. The highest BCUT2D eigenvalue weighted by molar-refractivity contribution is 5.96. The van der Waals surface area contributed by atoms with E-state index in [0.717, 1.165) is 11.3 Å². The molecule has 0 saturated heterocycles.